The molecule has 0 aromatic heterocycles. The van der Waals surface area contributed by atoms with Crippen molar-refractivity contribution in [3.63, 3.8) is 0 Å². The molecule has 0 aliphatic heterocycles. The van der Waals surface area contributed by atoms with Crippen molar-refractivity contribution in [3.05, 3.63) is 72.9 Å². The molecule has 0 spiro atoms. The van der Waals surface area contributed by atoms with Crippen molar-refractivity contribution < 1.29 is 9.90 Å². The number of hydrogen-bond acceptors (Lipinski definition) is 1. The molecule has 0 atom stereocenters. The van der Waals surface area contributed by atoms with E-state index in [4.69, 9.17) is 5.11 Å². The lowest BCUT2D eigenvalue weighted by Gasteiger charge is -1.87. The van der Waals surface area contributed by atoms with E-state index < -0.39 is 5.97 Å². The van der Waals surface area contributed by atoms with Crippen molar-refractivity contribution in [1.82, 2.24) is 0 Å². The molecular formula is C22H32O2. The van der Waals surface area contributed by atoms with E-state index in [1.165, 1.54) is 0 Å². The van der Waals surface area contributed by atoms with Gasteiger partial charge in [-0.1, -0.05) is 79.8 Å². The molecule has 0 aromatic rings. The summed E-state index contributed by atoms with van der Waals surface area (Å²) >= 11 is 0. The molecule has 0 unspecified atom stereocenters. The molecule has 0 aliphatic rings. The van der Waals surface area contributed by atoms with Gasteiger partial charge in [0.25, 0.3) is 0 Å². The van der Waals surface area contributed by atoms with Crippen LogP contribution in [0.2, 0.25) is 0 Å². The summed E-state index contributed by atoms with van der Waals surface area (Å²) < 4.78 is 0. The second-order valence-corrected chi connectivity index (χ2v) is 5.35. The van der Waals surface area contributed by atoms with Gasteiger partial charge in [-0.2, -0.15) is 0 Å². The van der Waals surface area contributed by atoms with Crippen LogP contribution in [0.3, 0.4) is 0 Å². The highest BCUT2D eigenvalue weighted by Gasteiger charge is 1.90. The summed E-state index contributed by atoms with van der Waals surface area (Å²) in [7, 11) is 0. The normalized spacial score (nSPS) is 13.0. The Balaban J connectivity index is 3.51. The maximum absolute atomic E-state index is 10.3. The lowest BCUT2D eigenvalue weighted by Crippen LogP contribution is -1.91. The first-order valence-corrected chi connectivity index (χ1v) is 8.89. The quantitative estimate of drug-likeness (QED) is 0.367. The third kappa shape index (κ3) is 19.9. The SMILES string of the molecule is CC/C=C\C/C=C/C/C=C/C/C=C\C/C=C\C/C=C/CCC(=O)O. The lowest BCUT2D eigenvalue weighted by molar-refractivity contribution is -0.136. The summed E-state index contributed by atoms with van der Waals surface area (Å²) in [5.74, 6) is -0.741. The smallest absolute Gasteiger partial charge is 0.303 e. The van der Waals surface area contributed by atoms with Crippen molar-refractivity contribution in [2.45, 2.75) is 58.3 Å². The minimum Gasteiger partial charge on any atom is -0.481 e. The Hall–Kier alpha value is -2.09. The van der Waals surface area contributed by atoms with Crippen LogP contribution >= 0.6 is 0 Å². The van der Waals surface area contributed by atoms with Gasteiger partial charge in [0.05, 0.1) is 0 Å². The van der Waals surface area contributed by atoms with Crippen molar-refractivity contribution in [2.75, 3.05) is 0 Å². The van der Waals surface area contributed by atoms with E-state index in [2.05, 4.69) is 67.7 Å². The largest absolute Gasteiger partial charge is 0.481 e. The Labute approximate surface area is 147 Å². The van der Waals surface area contributed by atoms with Crippen LogP contribution in [-0.4, -0.2) is 11.1 Å². The zero-order valence-electron chi connectivity index (χ0n) is 14.9. The number of allylic oxidation sites excluding steroid dienone is 12. The predicted octanol–water partition coefficient (Wildman–Crippen LogP) is 6.55. The number of carboxylic acid groups (broad SMARTS) is 1. The van der Waals surface area contributed by atoms with Gasteiger partial charge in [-0.15, -0.1) is 0 Å². The topological polar surface area (TPSA) is 37.3 Å². The third-order valence-electron chi connectivity index (χ3n) is 3.12. The molecule has 0 aliphatic carbocycles. The van der Waals surface area contributed by atoms with Crippen LogP contribution in [0.25, 0.3) is 0 Å². The van der Waals surface area contributed by atoms with Gasteiger partial charge in [0, 0.05) is 6.42 Å². The van der Waals surface area contributed by atoms with Gasteiger partial charge in [0.1, 0.15) is 0 Å². The maximum Gasteiger partial charge on any atom is 0.303 e. The highest BCUT2D eigenvalue weighted by molar-refractivity contribution is 5.66. The van der Waals surface area contributed by atoms with Gasteiger partial charge in [-0.05, 0) is 44.9 Å². The molecule has 0 aromatic carbocycles. The molecule has 2 heteroatoms. The number of carboxylic acids is 1. The van der Waals surface area contributed by atoms with Crippen LogP contribution in [0, 0.1) is 0 Å². The summed E-state index contributed by atoms with van der Waals surface area (Å²) in [6, 6.07) is 0. The molecule has 0 radical (unpaired) electrons. The Bertz CT molecular complexity index is 462. The molecule has 0 fully saturated rings. The molecule has 2 nitrogen and oxygen atoms in total. The molecule has 24 heavy (non-hydrogen) atoms. The Kier molecular flexibility index (Phi) is 17.3. The molecule has 0 bridgehead atoms. The lowest BCUT2D eigenvalue weighted by atomic mass is 10.2. The minimum atomic E-state index is -0.741. The highest BCUT2D eigenvalue weighted by Crippen LogP contribution is 1.97. The number of rotatable bonds is 14. The van der Waals surface area contributed by atoms with Gasteiger partial charge < -0.3 is 5.11 Å². The molecule has 0 saturated heterocycles. The first-order valence-electron chi connectivity index (χ1n) is 8.89. The van der Waals surface area contributed by atoms with Gasteiger partial charge in [-0.25, -0.2) is 0 Å². The molecule has 0 rings (SSSR count). The zero-order chi connectivity index (χ0) is 17.7. The van der Waals surface area contributed by atoms with Crippen LogP contribution in [0.4, 0.5) is 0 Å². The summed E-state index contributed by atoms with van der Waals surface area (Å²) in [5.41, 5.74) is 0. The number of aliphatic carboxylic acids is 1. The average molecular weight is 328 g/mol. The molecule has 132 valence electrons. The van der Waals surface area contributed by atoms with Gasteiger partial charge >= 0.3 is 5.97 Å². The van der Waals surface area contributed by atoms with Crippen molar-refractivity contribution >= 4 is 5.97 Å². The molecule has 0 heterocycles. The Morgan fingerprint density at radius 3 is 1.29 bits per heavy atom. The average Bonchev–Trinajstić information content (AvgIpc) is 2.56. The highest BCUT2D eigenvalue weighted by atomic mass is 16.4. The van der Waals surface area contributed by atoms with Crippen LogP contribution in [0.15, 0.2) is 72.9 Å². The second-order valence-electron chi connectivity index (χ2n) is 5.35. The summed E-state index contributed by atoms with van der Waals surface area (Å²) in [6.45, 7) is 2.15. The fourth-order valence-electron chi connectivity index (χ4n) is 1.85. The Morgan fingerprint density at radius 2 is 0.958 bits per heavy atom. The monoisotopic (exact) mass is 328 g/mol. The van der Waals surface area contributed by atoms with Crippen molar-refractivity contribution in [1.29, 1.82) is 0 Å². The predicted molar refractivity (Wildman–Crippen MR) is 105 cm³/mol. The minimum absolute atomic E-state index is 0.210. The van der Waals surface area contributed by atoms with Crippen molar-refractivity contribution in [3.8, 4) is 0 Å². The van der Waals surface area contributed by atoms with Crippen LogP contribution in [-0.2, 0) is 4.79 Å². The summed E-state index contributed by atoms with van der Waals surface area (Å²) in [6.07, 6.45) is 32.5. The first kappa shape index (κ1) is 21.9. The van der Waals surface area contributed by atoms with E-state index in [-0.39, 0.29) is 6.42 Å². The fraction of sp³-hybridized carbons (Fsp3) is 0.409. The van der Waals surface area contributed by atoms with Crippen LogP contribution in [0.5, 0.6) is 0 Å². The maximum atomic E-state index is 10.3. The van der Waals surface area contributed by atoms with Crippen molar-refractivity contribution in [2.24, 2.45) is 0 Å². The first-order chi connectivity index (χ1) is 11.8. The fourth-order valence-corrected chi connectivity index (χ4v) is 1.85. The second kappa shape index (κ2) is 19.0. The summed E-state index contributed by atoms with van der Waals surface area (Å²) in [5, 5.41) is 8.49. The zero-order valence-corrected chi connectivity index (χ0v) is 14.9. The number of carbonyl (C=O) groups is 1. The summed E-state index contributed by atoms with van der Waals surface area (Å²) in [4.78, 5) is 10.3. The van der Waals surface area contributed by atoms with Crippen LogP contribution < -0.4 is 0 Å². The van der Waals surface area contributed by atoms with E-state index in [1.54, 1.807) is 0 Å². The van der Waals surface area contributed by atoms with E-state index >= 15 is 0 Å². The van der Waals surface area contributed by atoms with Gasteiger partial charge in [-0.3, -0.25) is 4.79 Å². The van der Waals surface area contributed by atoms with E-state index in [0.717, 1.165) is 38.5 Å². The molecule has 0 amide bonds. The molecule has 1 N–H and O–H groups in total. The van der Waals surface area contributed by atoms with Gasteiger partial charge in [0.2, 0.25) is 0 Å². The Morgan fingerprint density at radius 1 is 0.625 bits per heavy atom. The standard InChI is InChI=1S/C22H32O2/c1-2-3-4-5-6-7-8-9-10-11-12-13-14-15-16-17-18-19-20-21-22(23)24/h3-4,6-7,9-10,12-13,15-16,18-19H,2,5,8,11,14,17,20-21H2,1H3,(H,23,24)/b4-3-,7-6+,10-9+,13-12-,16-15-,19-18+. The van der Waals surface area contributed by atoms with E-state index in [9.17, 15) is 4.79 Å². The molecule has 0 saturated carbocycles. The van der Waals surface area contributed by atoms with Crippen LogP contribution in [0.1, 0.15) is 58.3 Å². The molecular weight excluding hydrogens is 296 g/mol. The van der Waals surface area contributed by atoms with Gasteiger partial charge in [0.15, 0.2) is 0 Å². The third-order valence-corrected chi connectivity index (χ3v) is 3.12. The number of hydrogen-bond donors (Lipinski definition) is 1. The van der Waals surface area contributed by atoms with E-state index in [0.29, 0.717) is 6.42 Å². The van der Waals surface area contributed by atoms with E-state index in [1.807, 2.05) is 12.2 Å².